The average Bonchev–Trinajstić information content (AvgIpc) is 2.24. The van der Waals surface area contributed by atoms with Crippen LogP contribution >= 0.6 is 0 Å². The summed E-state index contributed by atoms with van der Waals surface area (Å²) in [6.07, 6.45) is 1.03. The van der Waals surface area contributed by atoms with Crippen molar-refractivity contribution in [2.24, 2.45) is 11.1 Å². The summed E-state index contributed by atoms with van der Waals surface area (Å²) in [5.41, 5.74) is 6.11. The van der Waals surface area contributed by atoms with E-state index in [1.54, 1.807) is 14.2 Å². The summed E-state index contributed by atoms with van der Waals surface area (Å²) < 4.78 is 10.3. The van der Waals surface area contributed by atoms with Gasteiger partial charge in [-0.3, -0.25) is 4.90 Å². The average molecular weight is 246 g/mol. The molecule has 2 N–H and O–H groups in total. The maximum Gasteiger partial charge on any atom is 0.0589 e. The van der Waals surface area contributed by atoms with Crippen molar-refractivity contribution >= 4 is 0 Å². The summed E-state index contributed by atoms with van der Waals surface area (Å²) in [5, 5.41) is 0. The first-order valence-corrected chi connectivity index (χ1v) is 6.39. The van der Waals surface area contributed by atoms with E-state index in [-0.39, 0.29) is 5.41 Å². The lowest BCUT2D eigenvalue weighted by Gasteiger charge is -2.39. The number of ether oxygens (including phenoxy) is 2. The van der Waals surface area contributed by atoms with Crippen LogP contribution in [0.5, 0.6) is 0 Å². The van der Waals surface area contributed by atoms with E-state index in [9.17, 15) is 0 Å². The summed E-state index contributed by atoms with van der Waals surface area (Å²) in [5.74, 6) is 0. The van der Waals surface area contributed by atoms with Gasteiger partial charge in [0.25, 0.3) is 0 Å². The van der Waals surface area contributed by atoms with Crippen LogP contribution in [0.25, 0.3) is 0 Å². The van der Waals surface area contributed by atoms with Gasteiger partial charge in [-0.1, -0.05) is 20.8 Å². The number of rotatable bonds is 9. The lowest BCUT2D eigenvalue weighted by molar-refractivity contribution is 0.0632. The third kappa shape index (κ3) is 6.99. The van der Waals surface area contributed by atoms with Crippen LogP contribution in [0.3, 0.4) is 0 Å². The fraction of sp³-hybridized carbons (Fsp3) is 1.00. The van der Waals surface area contributed by atoms with Crippen LogP contribution in [0.1, 0.15) is 27.2 Å². The zero-order chi connectivity index (χ0) is 13.3. The molecule has 0 aliphatic heterocycles. The van der Waals surface area contributed by atoms with Gasteiger partial charge in [0.05, 0.1) is 6.61 Å². The summed E-state index contributed by atoms with van der Waals surface area (Å²) in [6, 6.07) is 0.384. The third-order valence-electron chi connectivity index (χ3n) is 3.04. The predicted molar refractivity (Wildman–Crippen MR) is 72.2 cm³/mol. The van der Waals surface area contributed by atoms with Gasteiger partial charge in [0.15, 0.2) is 0 Å². The molecule has 0 saturated carbocycles. The van der Waals surface area contributed by atoms with Gasteiger partial charge in [-0.2, -0.15) is 0 Å². The molecular weight excluding hydrogens is 216 g/mol. The predicted octanol–water partition coefficient (Wildman–Crippen LogP) is 1.34. The molecule has 0 fully saturated rings. The first-order chi connectivity index (χ1) is 7.97. The first-order valence-electron chi connectivity index (χ1n) is 6.39. The molecule has 0 aliphatic carbocycles. The third-order valence-corrected chi connectivity index (χ3v) is 3.04. The fourth-order valence-electron chi connectivity index (χ4n) is 2.09. The van der Waals surface area contributed by atoms with Crippen LogP contribution in [-0.4, -0.2) is 58.0 Å². The fourth-order valence-corrected chi connectivity index (χ4v) is 2.09. The van der Waals surface area contributed by atoms with Gasteiger partial charge in [-0.05, 0) is 11.8 Å². The van der Waals surface area contributed by atoms with Crippen molar-refractivity contribution in [1.29, 1.82) is 0 Å². The summed E-state index contributed by atoms with van der Waals surface area (Å²) in [7, 11) is 3.48. The molecule has 104 valence electrons. The van der Waals surface area contributed by atoms with Gasteiger partial charge in [0.1, 0.15) is 0 Å². The zero-order valence-electron chi connectivity index (χ0n) is 12.2. The smallest absolute Gasteiger partial charge is 0.0589 e. The Morgan fingerprint density at radius 2 is 1.65 bits per heavy atom. The second-order valence-corrected chi connectivity index (χ2v) is 5.49. The minimum Gasteiger partial charge on any atom is -0.385 e. The van der Waals surface area contributed by atoms with Crippen LogP contribution in [0.2, 0.25) is 0 Å². The number of nitrogens with zero attached hydrogens (tertiary/aromatic N) is 1. The number of nitrogens with two attached hydrogens (primary N) is 1. The molecule has 0 amide bonds. The molecule has 0 radical (unpaired) electrons. The summed E-state index contributed by atoms with van der Waals surface area (Å²) in [6.45, 7) is 10.9. The van der Waals surface area contributed by atoms with E-state index in [1.807, 2.05) is 0 Å². The largest absolute Gasteiger partial charge is 0.385 e. The molecule has 1 atom stereocenters. The molecule has 1 unspecified atom stereocenters. The van der Waals surface area contributed by atoms with Gasteiger partial charge in [-0.25, -0.2) is 0 Å². The van der Waals surface area contributed by atoms with Crippen LogP contribution in [-0.2, 0) is 9.47 Å². The topological polar surface area (TPSA) is 47.7 Å². The molecule has 0 rings (SSSR count). The van der Waals surface area contributed by atoms with Crippen LogP contribution in [0, 0.1) is 5.41 Å². The highest BCUT2D eigenvalue weighted by atomic mass is 16.5. The molecule has 17 heavy (non-hydrogen) atoms. The number of hydrogen-bond acceptors (Lipinski definition) is 4. The Morgan fingerprint density at radius 1 is 1.06 bits per heavy atom. The highest BCUT2D eigenvalue weighted by Crippen LogP contribution is 2.23. The Bertz CT molecular complexity index is 181. The van der Waals surface area contributed by atoms with Gasteiger partial charge >= 0.3 is 0 Å². The Labute approximate surface area is 106 Å². The van der Waals surface area contributed by atoms with E-state index in [4.69, 9.17) is 15.2 Å². The van der Waals surface area contributed by atoms with E-state index < -0.39 is 0 Å². The molecule has 0 aromatic carbocycles. The summed E-state index contributed by atoms with van der Waals surface area (Å²) >= 11 is 0. The molecule has 0 aromatic rings. The molecule has 0 heterocycles. The maximum absolute atomic E-state index is 5.92. The number of hydrogen-bond donors (Lipinski definition) is 1. The number of methoxy groups -OCH3 is 2. The van der Waals surface area contributed by atoms with Crippen molar-refractivity contribution < 1.29 is 9.47 Å². The summed E-state index contributed by atoms with van der Waals surface area (Å²) in [4.78, 5) is 2.42. The highest BCUT2D eigenvalue weighted by Gasteiger charge is 2.28. The molecule has 0 aromatic heterocycles. The van der Waals surface area contributed by atoms with E-state index in [1.165, 1.54) is 0 Å². The highest BCUT2D eigenvalue weighted by molar-refractivity contribution is 4.84. The standard InChI is InChI=1S/C13H30N2O2/c1-13(2,3)12(11-14)15(8-10-17-5)7-6-9-16-4/h12H,6-11,14H2,1-5H3. The van der Waals surface area contributed by atoms with E-state index in [0.29, 0.717) is 12.6 Å². The van der Waals surface area contributed by atoms with E-state index in [0.717, 1.165) is 32.7 Å². The van der Waals surface area contributed by atoms with Gasteiger partial charge < -0.3 is 15.2 Å². The van der Waals surface area contributed by atoms with Crippen LogP contribution in [0.4, 0.5) is 0 Å². The molecule has 0 saturated heterocycles. The van der Waals surface area contributed by atoms with Crippen molar-refractivity contribution in [1.82, 2.24) is 4.90 Å². The second kappa shape index (κ2) is 8.86. The van der Waals surface area contributed by atoms with Crippen LogP contribution < -0.4 is 5.73 Å². The molecule has 4 nitrogen and oxygen atoms in total. The van der Waals surface area contributed by atoms with E-state index in [2.05, 4.69) is 25.7 Å². The van der Waals surface area contributed by atoms with Crippen molar-refractivity contribution in [3.05, 3.63) is 0 Å². The van der Waals surface area contributed by atoms with E-state index >= 15 is 0 Å². The lowest BCUT2D eigenvalue weighted by atomic mass is 9.85. The Kier molecular flexibility index (Phi) is 8.78. The Morgan fingerprint density at radius 3 is 2.06 bits per heavy atom. The minimum atomic E-state index is 0.190. The molecule has 0 aliphatic rings. The van der Waals surface area contributed by atoms with Crippen LogP contribution in [0.15, 0.2) is 0 Å². The van der Waals surface area contributed by atoms with Crippen molar-refractivity contribution in [2.45, 2.75) is 33.2 Å². The Hall–Kier alpha value is -0.160. The molecule has 0 bridgehead atoms. The zero-order valence-corrected chi connectivity index (χ0v) is 12.2. The monoisotopic (exact) mass is 246 g/mol. The van der Waals surface area contributed by atoms with Gasteiger partial charge in [0, 0.05) is 46.5 Å². The molecule has 4 heteroatoms. The first kappa shape index (κ1) is 16.8. The minimum absolute atomic E-state index is 0.190. The lowest BCUT2D eigenvalue weighted by Crippen LogP contribution is -2.50. The van der Waals surface area contributed by atoms with Crippen molar-refractivity contribution in [3.8, 4) is 0 Å². The van der Waals surface area contributed by atoms with Crippen molar-refractivity contribution in [2.75, 3.05) is 47.1 Å². The second-order valence-electron chi connectivity index (χ2n) is 5.49. The van der Waals surface area contributed by atoms with Crippen molar-refractivity contribution in [3.63, 3.8) is 0 Å². The quantitative estimate of drug-likeness (QED) is 0.624. The Balaban J connectivity index is 4.40. The maximum atomic E-state index is 5.92. The van der Waals surface area contributed by atoms with Gasteiger partial charge in [-0.15, -0.1) is 0 Å². The molecular formula is C13H30N2O2. The van der Waals surface area contributed by atoms with Gasteiger partial charge in [0.2, 0.25) is 0 Å². The molecule has 0 spiro atoms. The SMILES string of the molecule is COCCCN(CCOC)C(CN)C(C)(C)C. The normalized spacial score (nSPS) is 14.3.